The topological polar surface area (TPSA) is 125 Å². The Bertz CT molecular complexity index is 1090. The summed E-state index contributed by atoms with van der Waals surface area (Å²) in [6.45, 7) is -0.148. The first-order chi connectivity index (χ1) is 17.0. The molecule has 0 saturated heterocycles. The minimum atomic E-state index is -1.18. The first-order valence-corrected chi connectivity index (χ1v) is 12.2. The number of fused-ring (bicyclic) bond motifs is 5. The molecule has 0 spiro atoms. The Kier molecular flexibility index (Phi) is 6.47. The number of aliphatic hydroxyl groups excluding tert-OH is 1. The number of hydrogen-bond donors (Lipinski definition) is 4. The van der Waals surface area contributed by atoms with E-state index in [4.69, 9.17) is 9.84 Å². The van der Waals surface area contributed by atoms with Gasteiger partial charge in [0, 0.05) is 25.0 Å². The van der Waals surface area contributed by atoms with Gasteiger partial charge in [0.15, 0.2) is 0 Å². The molecule has 3 aliphatic rings. The second kappa shape index (κ2) is 9.70. The zero-order chi connectivity index (χ0) is 24.5. The number of ether oxygens (including phenoxy) is 1. The van der Waals surface area contributed by atoms with E-state index in [1.165, 1.54) is 0 Å². The van der Waals surface area contributed by atoms with Crippen molar-refractivity contribution in [3.05, 3.63) is 59.7 Å². The first kappa shape index (κ1) is 23.4. The molecule has 8 nitrogen and oxygen atoms in total. The summed E-state index contributed by atoms with van der Waals surface area (Å²) in [6, 6.07) is 14.7. The van der Waals surface area contributed by atoms with E-state index in [0.717, 1.165) is 41.5 Å². The fourth-order valence-corrected chi connectivity index (χ4v) is 6.31. The maximum absolute atomic E-state index is 13.0. The van der Waals surface area contributed by atoms with Crippen LogP contribution in [-0.4, -0.2) is 53.5 Å². The van der Waals surface area contributed by atoms with Gasteiger partial charge in [-0.2, -0.15) is 0 Å². The quantitative estimate of drug-likeness (QED) is 0.462. The molecule has 4 unspecified atom stereocenters. The molecule has 3 aliphatic carbocycles. The van der Waals surface area contributed by atoms with Crippen molar-refractivity contribution >= 4 is 18.0 Å². The van der Waals surface area contributed by atoms with Crippen LogP contribution >= 0.6 is 0 Å². The van der Waals surface area contributed by atoms with E-state index in [1.54, 1.807) is 0 Å². The van der Waals surface area contributed by atoms with Gasteiger partial charge in [0.2, 0.25) is 5.91 Å². The van der Waals surface area contributed by atoms with E-state index in [0.29, 0.717) is 0 Å². The summed E-state index contributed by atoms with van der Waals surface area (Å²) in [4.78, 5) is 37.3. The SMILES string of the molecule is O=C(NC1C2CCC(C2)C1C(=O)N[C@H](CCO)C(=O)O)OCC1c2ccccc2-c2ccccc21. The van der Waals surface area contributed by atoms with Crippen LogP contribution in [0, 0.1) is 17.8 Å². The zero-order valence-corrected chi connectivity index (χ0v) is 19.4. The molecule has 2 bridgehead atoms. The van der Waals surface area contributed by atoms with E-state index >= 15 is 0 Å². The predicted molar refractivity (Wildman–Crippen MR) is 128 cm³/mol. The van der Waals surface area contributed by atoms with E-state index in [-0.39, 0.29) is 43.3 Å². The molecule has 0 radical (unpaired) electrons. The van der Waals surface area contributed by atoms with Crippen LogP contribution in [0.2, 0.25) is 0 Å². The van der Waals surface area contributed by atoms with Gasteiger partial charge in [0.25, 0.3) is 0 Å². The Morgan fingerprint density at radius 2 is 1.60 bits per heavy atom. The fourth-order valence-electron chi connectivity index (χ4n) is 6.31. The number of alkyl carbamates (subject to hydrolysis) is 1. The van der Waals surface area contributed by atoms with Gasteiger partial charge in [-0.3, -0.25) is 4.79 Å². The zero-order valence-electron chi connectivity index (χ0n) is 19.4. The molecule has 2 aromatic rings. The smallest absolute Gasteiger partial charge is 0.407 e. The molecule has 0 aromatic heterocycles. The van der Waals surface area contributed by atoms with Gasteiger partial charge < -0.3 is 25.6 Å². The summed E-state index contributed by atoms with van der Waals surface area (Å²) in [5.74, 6) is -1.87. The van der Waals surface area contributed by atoms with Crippen LogP contribution < -0.4 is 10.6 Å². The number of nitrogens with one attached hydrogen (secondary N) is 2. The van der Waals surface area contributed by atoms with Crippen LogP contribution in [0.5, 0.6) is 0 Å². The molecule has 2 saturated carbocycles. The third kappa shape index (κ3) is 4.38. The van der Waals surface area contributed by atoms with Crippen molar-refractivity contribution in [1.29, 1.82) is 0 Å². The summed E-state index contributed by atoms with van der Waals surface area (Å²) >= 11 is 0. The average Bonchev–Trinajstić information content (AvgIpc) is 3.54. The third-order valence-electron chi connectivity index (χ3n) is 7.88. The van der Waals surface area contributed by atoms with Crippen molar-refractivity contribution in [3.63, 3.8) is 0 Å². The lowest BCUT2D eigenvalue weighted by atomic mass is 9.83. The molecule has 0 aliphatic heterocycles. The number of carboxylic acid groups (broad SMARTS) is 1. The first-order valence-electron chi connectivity index (χ1n) is 12.2. The van der Waals surface area contributed by atoms with Crippen LogP contribution in [0.1, 0.15) is 42.7 Å². The maximum atomic E-state index is 13.0. The number of benzene rings is 2. The van der Waals surface area contributed by atoms with Crippen molar-refractivity contribution in [2.24, 2.45) is 17.8 Å². The van der Waals surface area contributed by atoms with E-state index in [1.807, 2.05) is 24.3 Å². The van der Waals surface area contributed by atoms with E-state index in [9.17, 15) is 19.5 Å². The average molecular weight is 479 g/mol. The lowest BCUT2D eigenvalue weighted by molar-refractivity contribution is -0.143. The van der Waals surface area contributed by atoms with E-state index in [2.05, 4.69) is 34.9 Å². The van der Waals surface area contributed by atoms with Crippen molar-refractivity contribution < 1.29 is 29.3 Å². The lowest BCUT2D eigenvalue weighted by Crippen LogP contribution is -2.53. The Morgan fingerprint density at radius 3 is 2.23 bits per heavy atom. The summed E-state index contributed by atoms with van der Waals surface area (Å²) in [7, 11) is 0. The minimum absolute atomic E-state index is 0.0536. The highest BCUT2D eigenvalue weighted by Gasteiger charge is 2.52. The number of hydrogen-bond acceptors (Lipinski definition) is 5. The van der Waals surface area contributed by atoms with Crippen molar-refractivity contribution in [3.8, 4) is 11.1 Å². The summed E-state index contributed by atoms with van der Waals surface area (Å²) in [5.41, 5.74) is 4.56. The molecule has 5 atom stereocenters. The standard InChI is InChI=1S/C27H30N2O6/c30-12-11-22(26(32)33)28-25(31)23-15-9-10-16(13-15)24(23)29-27(34)35-14-21-19-7-3-1-5-17(19)18-6-2-4-8-20(18)21/h1-8,15-16,21-24,30H,9-14H2,(H,28,31)(H,29,34)(H,32,33)/t15?,16?,22-,23?,24?/m1/s1. The molecular weight excluding hydrogens is 448 g/mol. The summed E-state index contributed by atoms with van der Waals surface area (Å²) < 4.78 is 5.69. The molecule has 8 heteroatoms. The van der Waals surface area contributed by atoms with Gasteiger partial charge in [-0.15, -0.1) is 0 Å². The van der Waals surface area contributed by atoms with Crippen molar-refractivity contribution in [1.82, 2.24) is 10.6 Å². The monoisotopic (exact) mass is 478 g/mol. The molecule has 0 heterocycles. The number of carbonyl (C=O) groups is 3. The minimum Gasteiger partial charge on any atom is -0.480 e. The van der Waals surface area contributed by atoms with Gasteiger partial charge in [-0.05, 0) is 53.4 Å². The number of aliphatic hydroxyl groups is 1. The largest absolute Gasteiger partial charge is 0.480 e. The van der Waals surface area contributed by atoms with Gasteiger partial charge in [-0.25, -0.2) is 9.59 Å². The number of amides is 2. The van der Waals surface area contributed by atoms with Crippen LogP contribution in [0.25, 0.3) is 11.1 Å². The molecule has 2 aromatic carbocycles. The van der Waals surface area contributed by atoms with Crippen molar-refractivity contribution in [2.75, 3.05) is 13.2 Å². The van der Waals surface area contributed by atoms with Crippen LogP contribution in [0.3, 0.4) is 0 Å². The van der Waals surface area contributed by atoms with Crippen LogP contribution in [0.15, 0.2) is 48.5 Å². The predicted octanol–water partition coefficient (Wildman–Crippen LogP) is 2.89. The van der Waals surface area contributed by atoms with Gasteiger partial charge in [-0.1, -0.05) is 48.5 Å². The second-order valence-electron chi connectivity index (χ2n) is 9.77. The number of aliphatic carboxylic acids is 1. The lowest BCUT2D eigenvalue weighted by Gasteiger charge is -2.31. The molecule has 4 N–H and O–H groups in total. The Balaban J connectivity index is 1.25. The molecular formula is C27H30N2O6. The Morgan fingerprint density at radius 1 is 0.971 bits per heavy atom. The van der Waals surface area contributed by atoms with Crippen LogP contribution in [0.4, 0.5) is 4.79 Å². The van der Waals surface area contributed by atoms with Crippen molar-refractivity contribution in [2.45, 2.75) is 43.7 Å². The molecule has 184 valence electrons. The maximum Gasteiger partial charge on any atom is 0.407 e. The molecule has 5 rings (SSSR count). The molecule has 2 amide bonds. The Labute approximate surface area is 203 Å². The molecule has 2 fully saturated rings. The fraction of sp³-hybridized carbons (Fsp3) is 0.444. The third-order valence-corrected chi connectivity index (χ3v) is 7.88. The molecule has 35 heavy (non-hydrogen) atoms. The highest BCUT2D eigenvalue weighted by Crippen LogP contribution is 2.49. The number of rotatable bonds is 8. The number of carboxylic acids is 1. The normalized spacial score (nSPS) is 24.9. The van der Waals surface area contributed by atoms with E-state index < -0.39 is 30.1 Å². The summed E-state index contributed by atoms with van der Waals surface area (Å²) in [5, 5.41) is 23.9. The highest BCUT2D eigenvalue weighted by atomic mass is 16.5. The number of carbonyl (C=O) groups excluding carboxylic acids is 2. The van der Waals surface area contributed by atoms with Crippen LogP contribution in [-0.2, 0) is 14.3 Å². The van der Waals surface area contributed by atoms with Gasteiger partial charge >= 0.3 is 12.1 Å². The summed E-state index contributed by atoms with van der Waals surface area (Å²) in [6.07, 6.45) is 1.99. The highest BCUT2D eigenvalue weighted by molar-refractivity contribution is 5.86. The van der Waals surface area contributed by atoms with Gasteiger partial charge in [0.05, 0.1) is 5.92 Å². The Hall–Kier alpha value is -3.39. The van der Waals surface area contributed by atoms with Gasteiger partial charge in [0.1, 0.15) is 12.6 Å². The second-order valence-corrected chi connectivity index (χ2v) is 9.77.